The van der Waals surface area contributed by atoms with E-state index in [1.54, 1.807) is 7.11 Å². The Morgan fingerprint density at radius 3 is 2.41 bits per heavy atom. The van der Waals surface area contributed by atoms with Gasteiger partial charge in [-0.2, -0.15) is 0 Å². The van der Waals surface area contributed by atoms with Crippen LogP contribution >= 0.6 is 0 Å². The van der Waals surface area contributed by atoms with Crippen LogP contribution in [0.3, 0.4) is 0 Å². The van der Waals surface area contributed by atoms with Gasteiger partial charge in [-0.15, -0.1) is 0 Å². The number of aliphatic carboxylic acids is 1. The summed E-state index contributed by atoms with van der Waals surface area (Å²) in [5.74, 6) is -0.276. The predicted molar refractivity (Wildman–Crippen MR) is 67.7 cm³/mol. The fraction of sp³-hybridized carbons (Fsp3) is 0.462. The zero-order valence-electron chi connectivity index (χ0n) is 10.5. The summed E-state index contributed by atoms with van der Waals surface area (Å²) >= 11 is 0. The Morgan fingerprint density at radius 2 is 2.00 bits per heavy atom. The van der Waals surface area contributed by atoms with Gasteiger partial charge in [0.05, 0.1) is 13.0 Å². The minimum Gasteiger partial charge on any atom is -0.497 e. The second-order valence-electron chi connectivity index (χ2n) is 4.02. The van der Waals surface area contributed by atoms with Crippen LogP contribution in [-0.4, -0.2) is 31.8 Å². The average molecular weight is 237 g/mol. The van der Waals surface area contributed by atoms with Crippen LogP contribution in [0.5, 0.6) is 5.75 Å². The molecule has 1 unspecified atom stereocenters. The van der Waals surface area contributed by atoms with E-state index in [4.69, 9.17) is 9.84 Å². The molecule has 0 saturated heterocycles. The van der Waals surface area contributed by atoms with Crippen molar-refractivity contribution in [2.45, 2.75) is 13.3 Å². The van der Waals surface area contributed by atoms with Crippen molar-refractivity contribution in [2.75, 3.05) is 25.6 Å². The van der Waals surface area contributed by atoms with E-state index in [1.165, 1.54) is 0 Å². The quantitative estimate of drug-likeness (QED) is 0.824. The molecule has 0 aliphatic heterocycles. The Bertz CT molecular complexity index is 361. The highest BCUT2D eigenvalue weighted by molar-refractivity contribution is 5.71. The molecule has 0 aliphatic rings. The Hall–Kier alpha value is -1.71. The maximum Gasteiger partial charge on any atom is 0.308 e. The molecule has 0 bridgehead atoms. The molecular weight excluding hydrogens is 218 g/mol. The van der Waals surface area contributed by atoms with Gasteiger partial charge in [0.1, 0.15) is 5.75 Å². The number of methoxy groups -OCH3 is 1. The molecule has 94 valence electrons. The van der Waals surface area contributed by atoms with Gasteiger partial charge in [-0.3, -0.25) is 4.79 Å². The number of carboxylic acids is 1. The lowest BCUT2D eigenvalue weighted by atomic mass is 10.1. The van der Waals surface area contributed by atoms with Crippen LogP contribution in [0.15, 0.2) is 24.3 Å². The summed E-state index contributed by atoms with van der Waals surface area (Å²) < 4.78 is 5.08. The number of anilines is 1. The monoisotopic (exact) mass is 237 g/mol. The number of hydrogen-bond acceptors (Lipinski definition) is 3. The third-order valence-electron chi connectivity index (χ3n) is 2.85. The van der Waals surface area contributed by atoms with Crippen LogP contribution in [0.4, 0.5) is 5.69 Å². The molecule has 1 aromatic rings. The molecule has 0 fully saturated rings. The van der Waals surface area contributed by atoms with Gasteiger partial charge in [-0.1, -0.05) is 6.92 Å². The summed E-state index contributed by atoms with van der Waals surface area (Å²) in [5.41, 5.74) is 0.991. The normalized spacial score (nSPS) is 11.9. The number of carbonyl (C=O) groups is 1. The maximum atomic E-state index is 11.0. The molecule has 4 nitrogen and oxygen atoms in total. The van der Waals surface area contributed by atoms with E-state index in [9.17, 15) is 4.79 Å². The summed E-state index contributed by atoms with van der Waals surface area (Å²) in [6.07, 6.45) is 0.635. The first kappa shape index (κ1) is 13.4. The molecule has 0 spiro atoms. The summed E-state index contributed by atoms with van der Waals surface area (Å²) in [6, 6.07) is 7.59. The molecule has 0 aromatic heterocycles. The first-order chi connectivity index (χ1) is 8.08. The lowest BCUT2D eigenvalue weighted by molar-refractivity contribution is -0.141. The van der Waals surface area contributed by atoms with E-state index in [0.717, 1.165) is 11.4 Å². The SMILES string of the molecule is CCC(CN(C)c1ccc(OC)cc1)C(=O)O. The van der Waals surface area contributed by atoms with E-state index in [2.05, 4.69) is 0 Å². The van der Waals surface area contributed by atoms with Gasteiger partial charge < -0.3 is 14.7 Å². The van der Waals surface area contributed by atoms with Gasteiger partial charge in [0.15, 0.2) is 0 Å². The minimum atomic E-state index is -0.743. The first-order valence-electron chi connectivity index (χ1n) is 5.66. The number of nitrogens with zero attached hydrogens (tertiary/aromatic N) is 1. The standard InChI is InChI=1S/C13H19NO3/c1-4-10(13(15)16)9-14(2)11-5-7-12(17-3)8-6-11/h5-8,10H,4,9H2,1-3H3,(H,15,16). The number of ether oxygens (including phenoxy) is 1. The molecule has 1 atom stereocenters. The molecule has 1 N–H and O–H groups in total. The van der Waals surface area contributed by atoms with E-state index >= 15 is 0 Å². The number of rotatable bonds is 6. The van der Waals surface area contributed by atoms with Crippen molar-refractivity contribution in [3.05, 3.63) is 24.3 Å². The van der Waals surface area contributed by atoms with Gasteiger partial charge in [0.2, 0.25) is 0 Å². The van der Waals surface area contributed by atoms with Gasteiger partial charge >= 0.3 is 5.97 Å². The van der Waals surface area contributed by atoms with Gasteiger partial charge in [-0.25, -0.2) is 0 Å². The van der Waals surface area contributed by atoms with Crippen LogP contribution in [0.1, 0.15) is 13.3 Å². The summed E-state index contributed by atoms with van der Waals surface area (Å²) in [7, 11) is 3.52. The summed E-state index contributed by atoms with van der Waals surface area (Å²) in [5, 5.41) is 9.00. The predicted octanol–water partition coefficient (Wildman–Crippen LogP) is 2.24. The molecule has 17 heavy (non-hydrogen) atoms. The first-order valence-corrected chi connectivity index (χ1v) is 5.66. The Labute approximate surface area is 102 Å². The highest BCUT2D eigenvalue weighted by Crippen LogP contribution is 2.19. The number of hydrogen-bond donors (Lipinski definition) is 1. The summed E-state index contributed by atoms with van der Waals surface area (Å²) in [6.45, 7) is 2.40. The molecular formula is C13H19NO3. The fourth-order valence-electron chi connectivity index (χ4n) is 1.65. The third-order valence-corrected chi connectivity index (χ3v) is 2.85. The molecule has 1 rings (SSSR count). The molecule has 4 heteroatoms. The van der Waals surface area contributed by atoms with Crippen LogP contribution in [0, 0.1) is 5.92 Å². The van der Waals surface area contributed by atoms with Crippen molar-refractivity contribution in [3.8, 4) is 5.75 Å². The molecule has 0 heterocycles. The van der Waals surface area contributed by atoms with Gasteiger partial charge in [0, 0.05) is 19.3 Å². The van der Waals surface area contributed by atoms with Crippen LogP contribution in [0.25, 0.3) is 0 Å². The maximum absolute atomic E-state index is 11.0. The summed E-state index contributed by atoms with van der Waals surface area (Å²) in [4.78, 5) is 12.9. The van der Waals surface area contributed by atoms with E-state index < -0.39 is 5.97 Å². The lowest BCUT2D eigenvalue weighted by Gasteiger charge is -2.22. The number of carboxylic acid groups (broad SMARTS) is 1. The zero-order valence-corrected chi connectivity index (χ0v) is 10.5. The van der Waals surface area contributed by atoms with Gasteiger partial charge in [0.25, 0.3) is 0 Å². The Balaban J connectivity index is 2.68. The second kappa shape index (κ2) is 6.13. The van der Waals surface area contributed by atoms with Crippen LogP contribution in [0.2, 0.25) is 0 Å². The van der Waals surface area contributed by atoms with Crippen molar-refractivity contribution < 1.29 is 14.6 Å². The van der Waals surface area contributed by atoms with E-state index in [-0.39, 0.29) is 5.92 Å². The largest absolute Gasteiger partial charge is 0.497 e. The van der Waals surface area contributed by atoms with Gasteiger partial charge in [-0.05, 0) is 30.7 Å². The lowest BCUT2D eigenvalue weighted by Crippen LogP contribution is -2.29. The molecule has 0 amide bonds. The Kier molecular flexibility index (Phi) is 4.82. The minimum absolute atomic E-state index is 0.331. The molecule has 0 aliphatic carbocycles. The highest BCUT2D eigenvalue weighted by Gasteiger charge is 2.17. The average Bonchev–Trinajstić information content (AvgIpc) is 2.35. The topological polar surface area (TPSA) is 49.8 Å². The van der Waals surface area contributed by atoms with Crippen molar-refractivity contribution >= 4 is 11.7 Å². The second-order valence-corrected chi connectivity index (χ2v) is 4.02. The Morgan fingerprint density at radius 1 is 1.41 bits per heavy atom. The van der Waals surface area contributed by atoms with Crippen LogP contribution in [-0.2, 0) is 4.79 Å². The zero-order chi connectivity index (χ0) is 12.8. The third kappa shape index (κ3) is 3.66. The van der Waals surface area contributed by atoms with E-state index in [1.807, 2.05) is 43.1 Å². The van der Waals surface area contributed by atoms with Crippen LogP contribution < -0.4 is 9.64 Å². The molecule has 0 saturated carbocycles. The fourth-order valence-corrected chi connectivity index (χ4v) is 1.65. The molecule has 1 aromatic carbocycles. The number of benzene rings is 1. The van der Waals surface area contributed by atoms with Crippen molar-refractivity contribution in [3.63, 3.8) is 0 Å². The van der Waals surface area contributed by atoms with E-state index in [0.29, 0.717) is 13.0 Å². The smallest absolute Gasteiger partial charge is 0.308 e. The highest BCUT2D eigenvalue weighted by atomic mass is 16.5. The van der Waals surface area contributed by atoms with Crippen molar-refractivity contribution in [1.29, 1.82) is 0 Å². The molecule has 0 radical (unpaired) electrons. The van der Waals surface area contributed by atoms with Crippen molar-refractivity contribution in [1.82, 2.24) is 0 Å². The van der Waals surface area contributed by atoms with Crippen molar-refractivity contribution in [2.24, 2.45) is 5.92 Å².